The maximum atomic E-state index is 12.1. The predicted molar refractivity (Wildman–Crippen MR) is 94.0 cm³/mol. The molecule has 0 aliphatic carbocycles. The molecule has 1 aromatic carbocycles. The SMILES string of the molecule is Cc1cc(Cl)c(C)c(CN2CCN(C(=O)OC(C)(C)C)CC2)c1. The maximum Gasteiger partial charge on any atom is 0.410 e. The third kappa shape index (κ3) is 5.11. The molecule has 4 nitrogen and oxygen atoms in total. The van der Waals surface area contributed by atoms with E-state index >= 15 is 0 Å². The molecule has 1 heterocycles. The van der Waals surface area contributed by atoms with Crippen molar-refractivity contribution in [2.24, 2.45) is 0 Å². The van der Waals surface area contributed by atoms with Gasteiger partial charge in [0.05, 0.1) is 0 Å². The molecule has 1 aliphatic heterocycles. The molecule has 5 heteroatoms. The van der Waals surface area contributed by atoms with Crippen molar-refractivity contribution in [1.82, 2.24) is 9.80 Å². The molecule has 0 bridgehead atoms. The molecule has 0 unspecified atom stereocenters. The van der Waals surface area contributed by atoms with E-state index in [0.29, 0.717) is 13.1 Å². The van der Waals surface area contributed by atoms with Crippen molar-refractivity contribution in [2.45, 2.75) is 46.8 Å². The molecular formula is C18H27ClN2O2. The molecule has 2 rings (SSSR count). The van der Waals surface area contributed by atoms with E-state index in [1.54, 1.807) is 4.90 Å². The quantitative estimate of drug-likeness (QED) is 0.816. The van der Waals surface area contributed by atoms with Crippen LogP contribution in [0.1, 0.15) is 37.5 Å². The minimum atomic E-state index is -0.441. The summed E-state index contributed by atoms with van der Waals surface area (Å²) >= 11 is 6.28. The highest BCUT2D eigenvalue weighted by molar-refractivity contribution is 6.31. The third-order valence-electron chi connectivity index (χ3n) is 4.01. The Bertz CT molecular complexity index is 573. The summed E-state index contributed by atoms with van der Waals surface area (Å²) in [6, 6.07) is 4.20. The first-order valence-electron chi connectivity index (χ1n) is 8.11. The summed E-state index contributed by atoms with van der Waals surface area (Å²) in [6.07, 6.45) is -0.216. The highest BCUT2D eigenvalue weighted by Crippen LogP contribution is 2.23. The number of amides is 1. The monoisotopic (exact) mass is 338 g/mol. The van der Waals surface area contributed by atoms with Crippen molar-refractivity contribution < 1.29 is 9.53 Å². The Morgan fingerprint density at radius 2 is 1.78 bits per heavy atom. The van der Waals surface area contributed by atoms with E-state index in [-0.39, 0.29) is 6.09 Å². The number of carbonyl (C=O) groups excluding carboxylic acids is 1. The van der Waals surface area contributed by atoms with Gasteiger partial charge < -0.3 is 9.64 Å². The summed E-state index contributed by atoms with van der Waals surface area (Å²) in [5.41, 5.74) is 3.15. The Labute approximate surface area is 144 Å². The number of rotatable bonds is 2. The van der Waals surface area contributed by atoms with Crippen LogP contribution in [0.3, 0.4) is 0 Å². The summed E-state index contributed by atoms with van der Waals surface area (Å²) in [5, 5.41) is 0.826. The van der Waals surface area contributed by atoms with Crippen molar-refractivity contribution in [1.29, 1.82) is 0 Å². The molecule has 23 heavy (non-hydrogen) atoms. The molecule has 1 saturated heterocycles. The fourth-order valence-corrected chi connectivity index (χ4v) is 3.00. The normalized spacial score (nSPS) is 16.5. The molecule has 0 N–H and O–H groups in total. The van der Waals surface area contributed by atoms with E-state index in [1.807, 2.05) is 26.8 Å². The number of ether oxygens (including phenoxy) is 1. The van der Waals surface area contributed by atoms with Gasteiger partial charge in [-0.15, -0.1) is 0 Å². The van der Waals surface area contributed by atoms with Crippen LogP contribution in [0.2, 0.25) is 5.02 Å². The Kier molecular flexibility index (Phi) is 5.58. The minimum Gasteiger partial charge on any atom is -0.444 e. The molecule has 0 aromatic heterocycles. The number of hydrogen-bond acceptors (Lipinski definition) is 3. The number of nitrogens with zero attached hydrogens (tertiary/aromatic N) is 2. The van der Waals surface area contributed by atoms with Gasteiger partial charge in [-0.2, -0.15) is 0 Å². The third-order valence-corrected chi connectivity index (χ3v) is 4.41. The lowest BCUT2D eigenvalue weighted by Crippen LogP contribution is -2.49. The summed E-state index contributed by atoms with van der Waals surface area (Å²) in [4.78, 5) is 16.2. The van der Waals surface area contributed by atoms with Crippen LogP contribution in [0, 0.1) is 13.8 Å². The number of halogens is 1. The topological polar surface area (TPSA) is 32.8 Å². The van der Waals surface area contributed by atoms with Crippen molar-refractivity contribution in [3.05, 3.63) is 33.8 Å². The number of benzene rings is 1. The van der Waals surface area contributed by atoms with Gasteiger partial charge in [-0.25, -0.2) is 4.79 Å². The van der Waals surface area contributed by atoms with Crippen LogP contribution in [0.15, 0.2) is 12.1 Å². The standard InChI is InChI=1S/C18H27ClN2O2/c1-13-10-15(14(2)16(19)11-13)12-20-6-8-21(9-7-20)17(22)23-18(3,4)5/h10-11H,6-9,12H2,1-5H3. The Morgan fingerprint density at radius 1 is 1.17 bits per heavy atom. The number of carbonyl (C=O) groups is 1. The Morgan fingerprint density at radius 3 is 2.35 bits per heavy atom. The minimum absolute atomic E-state index is 0.216. The highest BCUT2D eigenvalue weighted by Gasteiger charge is 2.26. The van der Waals surface area contributed by atoms with Crippen molar-refractivity contribution in [2.75, 3.05) is 26.2 Å². The van der Waals surface area contributed by atoms with Gasteiger partial charge in [0.15, 0.2) is 0 Å². The van der Waals surface area contributed by atoms with Crippen LogP contribution >= 0.6 is 11.6 Å². The van der Waals surface area contributed by atoms with Crippen molar-refractivity contribution >= 4 is 17.7 Å². The van der Waals surface area contributed by atoms with E-state index in [0.717, 1.165) is 30.2 Å². The summed E-state index contributed by atoms with van der Waals surface area (Å²) in [7, 11) is 0. The van der Waals surface area contributed by atoms with E-state index in [4.69, 9.17) is 16.3 Å². The second-order valence-corrected chi connectivity index (χ2v) is 7.68. The van der Waals surface area contributed by atoms with Gasteiger partial charge in [0.2, 0.25) is 0 Å². The average Bonchev–Trinajstić information content (AvgIpc) is 2.43. The second-order valence-electron chi connectivity index (χ2n) is 7.27. The zero-order valence-corrected chi connectivity index (χ0v) is 15.5. The van der Waals surface area contributed by atoms with Crippen molar-refractivity contribution in [3.8, 4) is 0 Å². The number of piperazine rings is 1. The smallest absolute Gasteiger partial charge is 0.410 e. The van der Waals surface area contributed by atoms with Crippen LogP contribution in [-0.2, 0) is 11.3 Å². The van der Waals surface area contributed by atoms with E-state index in [2.05, 4.69) is 24.8 Å². The lowest BCUT2D eigenvalue weighted by Gasteiger charge is -2.35. The Balaban J connectivity index is 1.92. The van der Waals surface area contributed by atoms with Crippen LogP contribution in [0.4, 0.5) is 4.79 Å². The fraction of sp³-hybridized carbons (Fsp3) is 0.611. The summed E-state index contributed by atoms with van der Waals surface area (Å²) < 4.78 is 5.43. The first kappa shape index (κ1) is 18.1. The Hall–Kier alpha value is -1.26. The zero-order chi connectivity index (χ0) is 17.2. The van der Waals surface area contributed by atoms with Gasteiger partial charge in [0.25, 0.3) is 0 Å². The van der Waals surface area contributed by atoms with E-state index in [9.17, 15) is 4.79 Å². The van der Waals surface area contributed by atoms with Gasteiger partial charge >= 0.3 is 6.09 Å². The molecule has 1 aromatic rings. The molecule has 0 spiro atoms. The maximum absolute atomic E-state index is 12.1. The second kappa shape index (κ2) is 7.10. The molecule has 0 radical (unpaired) electrons. The molecule has 0 atom stereocenters. The van der Waals surface area contributed by atoms with Gasteiger partial charge in [0, 0.05) is 37.7 Å². The molecular weight excluding hydrogens is 312 g/mol. The van der Waals surface area contributed by atoms with Gasteiger partial charge in [0.1, 0.15) is 5.60 Å². The van der Waals surface area contributed by atoms with Crippen molar-refractivity contribution in [3.63, 3.8) is 0 Å². The lowest BCUT2D eigenvalue weighted by molar-refractivity contribution is 0.0139. The lowest BCUT2D eigenvalue weighted by atomic mass is 10.0. The highest BCUT2D eigenvalue weighted by atomic mass is 35.5. The fourth-order valence-electron chi connectivity index (χ4n) is 2.71. The van der Waals surface area contributed by atoms with Gasteiger partial charge in [-0.3, -0.25) is 4.90 Å². The molecule has 0 saturated carbocycles. The predicted octanol–water partition coefficient (Wildman–Crippen LogP) is 4.01. The van der Waals surface area contributed by atoms with Gasteiger partial charge in [-0.05, 0) is 57.4 Å². The summed E-state index contributed by atoms with van der Waals surface area (Å²) in [5.74, 6) is 0. The molecule has 128 valence electrons. The average molecular weight is 339 g/mol. The van der Waals surface area contributed by atoms with E-state index in [1.165, 1.54) is 11.1 Å². The molecule has 1 fully saturated rings. The molecule has 1 amide bonds. The molecule has 1 aliphatic rings. The number of aryl methyl sites for hydroxylation is 1. The van der Waals surface area contributed by atoms with Crippen LogP contribution in [0.5, 0.6) is 0 Å². The number of hydrogen-bond donors (Lipinski definition) is 0. The first-order chi connectivity index (χ1) is 10.7. The van der Waals surface area contributed by atoms with Gasteiger partial charge in [-0.1, -0.05) is 17.7 Å². The van der Waals surface area contributed by atoms with Crippen LogP contribution in [-0.4, -0.2) is 47.7 Å². The van der Waals surface area contributed by atoms with Crippen LogP contribution < -0.4 is 0 Å². The first-order valence-corrected chi connectivity index (χ1v) is 8.49. The zero-order valence-electron chi connectivity index (χ0n) is 14.8. The summed E-state index contributed by atoms with van der Waals surface area (Å²) in [6.45, 7) is 13.8. The van der Waals surface area contributed by atoms with Crippen LogP contribution in [0.25, 0.3) is 0 Å². The largest absolute Gasteiger partial charge is 0.444 e. The van der Waals surface area contributed by atoms with E-state index < -0.39 is 5.60 Å².